The Balaban J connectivity index is 2.19. The molecule has 4 nitrogen and oxygen atoms in total. The highest BCUT2D eigenvalue weighted by atomic mass is 35.5. The van der Waals surface area contributed by atoms with Gasteiger partial charge in [0.25, 0.3) is 5.91 Å². The fraction of sp³-hybridized carbons (Fsp3) is 0.364. The number of benzene rings is 1. The van der Waals surface area contributed by atoms with E-state index in [9.17, 15) is 9.00 Å². The average molecular weight is 273 g/mol. The maximum Gasteiger partial charge on any atom is 0.255 e. The van der Waals surface area contributed by atoms with Crippen LogP contribution in [0.3, 0.4) is 0 Å². The van der Waals surface area contributed by atoms with Crippen LogP contribution in [-0.2, 0) is 10.8 Å². The molecule has 1 heterocycles. The quantitative estimate of drug-likeness (QED) is 0.780. The summed E-state index contributed by atoms with van der Waals surface area (Å²) in [5.74, 6) is 0.927. The third-order valence-corrected chi connectivity index (χ3v) is 4.29. The van der Waals surface area contributed by atoms with Crippen molar-refractivity contribution in [2.75, 3.05) is 30.3 Å². The lowest BCUT2D eigenvalue weighted by molar-refractivity contribution is 0.0771. The number of carbonyl (C=O) groups is 1. The molecule has 1 aliphatic rings. The van der Waals surface area contributed by atoms with Crippen molar-refractivity contribution in [1.82, 2.24) is 4.90 Å². The van der Waals surface area contributed by atoms with E-state index in [4.69, 9.17) is 17.3 Å². The van der Waals surface area contributed by atoms with E-state index >= 15 is 0 Å². The van der Waals surface area contributed by atoms with E-state index < -0.39 is 10.8 Å². The Morgan fingerprint density at radius 2 is 2.00 bits per heavy atom. The van der Waals surface area contributed by atoms with Crippen LogP contribution in [0.15, 0.2) is 18.2 Å². The highest BCUT2D eigenvalue weighted by molar-refractivity contribution is 7.85. The van der Waals surface area contributed by atoms with Gasteiger partial charge in [0, 0.05) is 41.1 Å². The fourth-order valence-corrected chi connectivity index (χ4v) is 2.97. The maximum absolute atomic E-state index is 12.2. The van der Waals surface area contributed by atoms with Crippen molar-refractivity contribution in [3.05, 3.63) is 28.8 Å². The van der Waals surface area contributed by atoms with Crippen LogP contribution >= 0.6 is 11.6 Å². The van der Waals surface area contributed by atoms with Gasteiger partial charge in [-0.15, -0.1) is 0 Å². The van der Waals surface area contributed by atoms with Gasteiger partial charge in [-0.2, -0.15) is 0 Å². The van der Waals surface area contributed by atoms with Crippen molar-refractivity contribution in [1.29, 1.82) is 0 Å². The van der Waals surface area contributed by atoms with Crippen LogP contribution in [0.5, 0.6) is 0 Å². The molecule has 2 N–H and O–H groups in total. The summed E-state index contributed by atoms with van der Waals surface area (Å²) in [4.78, 5) is 13.8. The minimum Gasteiger partial charge on any atom is -0.399 e. The highest BCUT2D eigenvalue weighted by Gasteiger charge is 2.22. The van der Waals surface area contributed by atoms with E-state index in [2.05, 4.69) is 0 Å². The molecule has 1 aliphatic heterocycles. The second kappa shape index (κ2) is 5.06. The van der Waals surface area contributed by atoms with Crippen molar-refractivity contribution >= 4 is 34.0 Å². The summed E-state index contributed by atoms with van der Waals surface area (Å²) in [6.45, 7) is 1.02. The van der Waals surface area contributed by atoms with E-state index in [0.29, 0.717) is 40.9 Å². The number of amides is 1. The molecule has 0 spiro atoms. The van der Waals surface area contributed by atoms with Crippen LogP contribution in [0.2, 0.25) is 5.02 Å². The molecule has 1 saturated heterocycles. The molecule has 0 aromatic heterocycles. The van der Waals surface area contributed by atoms with Crippen molar-refractivity contribution in [3.63, 3.8) is 0 Å². The molecule has 0 aliphatic carbocycles. The van der Waals surface area contributed by atoms with Gasteiger partial charge >= 0.3 is 0 Å². The largest absolute Gasteiger partial charge is 0.399 e. The number of halogens is 1. The molecule has 0 bridgehead atoms. The Bertz CT molecular complexity index is 469. The van der Waals surface area contributed by atoms with Gasteiger partial charge < -0.3 is 10.6 Å². The van der Waals surface area contributed by atoms with Crippen LogP contribution < -0.4 is 5.73 Å². The number of hydrogen-bond donors (Lipinski definition) is 1. The molecule has 1 aromatic rings. The molecule has 2 rings (SSSR count). The van der Waals surface area contributed by atoms with Crippen molar-refractivity contribution in [3.8, 4) is 0 Å². The number of carbonyl (C=O) groups excluding carboxylic acids is 1. The number of nitrogens with two attached hydrogens (primary N) is 1. The first kappa shape index (κ1) is 12.4. The summed E-state index contributed by atoms with van der Waals surface area (Å²) >= 11 is 5.98. The zero-order valence-corrected chi connectivity index (χ0v) is 10.8. The lowest BCUT2D eigenvalue weighted by Crippen LogP contribution is -2.41. The first-order valence-corrected chi connectivity index (χ1v) is 7.14. The molecule has 0 saturated carbocycles. The van der Waals surface area contributed by atoms with Crippen molar-refractivity contribution in [2.24, 2.45) is 0 Å². The topological polar surface area (TPSA) is 63.4 Å². The minimum absolute atomic E-state index is 0.140. The second-order valence-corrected chi connectivity index (χ2v) is 5.98. The van der Waals surface area contributed by atoms with Crippen LogP contribution in [0.4, 0.5) is 5.69 Å². The first-order chi connectivity index (χ1) is 8.08. The Morgan fingerprint density at radius 3 is 2.65 bits per heavy atom. The fourth-order valence-electron chi connectivity index (χ4n) is 1.72. The van der Waals surface area contributed by atoms with Gasteiger partial charge in [-0.1, -0.05) is 11.6 Å². The summed E-state index contributed by atoms with van der Waals surface area (Å²) in [7, 11) is -0.795. The minimum atomic E-state index is -0.795. The Hall–Kier alpha value is -1.07. The van der Waals surface area contributed by atoms with Gasteiger partial charge in [0.15, 0.2) is 0 Å². The molecule has 0 unspecified atom stereocenters. The molecule has 92 valence electrons. The Morgan fingerprint density at radius 1 is 1.35 bits per heavy atom. The maximum atomic E-state index is 12.2. The predicted molar refractivity (Wildman–Crippen MR) is 69.6 cm³/mol. The lowest BCUT2D eigenvalue weighted by Gasteiger charge is -2.26. The first-order valence-electron chi connectivity index (χ1n) is 5.27. The average Bonchev–Trinajstić information content (AvgIpc) is 2.32. The molecule has 6 heteroatoms. The summed E-state index contributed by atoms with van der Waals surface area (Å²) in [6.07, 6.45) is 0. The van der Waals surface area contributed by atoms with E-state index in [1.54, 1.807) is 23.1 Å². The van der Waals surface area contributed by atoms with Crippen LogP contribution in [0.1, 0.15) is 10.4 Å². The number of hydrogen-bond acceptors (Lipinski definition) is 3. The number of anilines is 1. The second-order valence-electron chi connectivity index (χ2n) is 3.88. The molecule has 17 heavy (non-hydrogen) atoms. The SMILES string of the molecule is Nc1ccc(Cl)c(C(=O)N2CCS(=O)CC2)c1. The zero-order chi connectivity index (χ0) is 12.4. The molecule has 1 fully saturated rings. The number of nitrogens with zero attached hydrogens (tertiary/aromatic N) is 1. The van der Waals surface area contributed by atoms with Gasteiger partial charge in [-0.3, -0.25) is 9.00 Å². The Kier molecular flexibility index (Phi) is 3.69. The highest BCUT2D eigenvalue weighted by Crippen LogP contribution is 2.21. The summed E-state index contributed by atoms with van der Waals surface area (Å²) in [5.41, 5.74) is 6.57. The smallest absolute Gasteiger partial charge is 0.255 e. The third kappa shape index (κ3) is 2.79. The standard InChI is InChI=1S/C11H13ClN2O2S/c12-10-2-1-8(13)7-9(10)11(15)14-3-5-17(16)6-4-14/h1-2,7H,3-6,13H2. The van der Waals surface area contributed by atoms with Crippen molar-refractivity contribution in [2.45, 2.75) is 0 Å². The number of rotatable bonds is 1. The summed E-state index contributed by atoms with van der Waals surface area (Å²) < 4.78 is 11.2. The van der Waals surface area contributed by atoms with Gasteiger partial charge in [0.1, 0.15) is 0 Å². The van der Waals surface area contributed by atoms with Crippen LogP contribution in [-0.4, -0.2) is 39.6 Å². The molecular weight excluding hydrogens is 260 g/mol. The monoisotopic (exact) mass is 272 g/mol. The molecule has 0 radical (unpaired) electrons. The summed E-state index contributed by atoms with van der Waals surface area (Å²) in [5, 5.41) is 0.399. The third-order valence-electron chi connectivity index (χ3n) is 2.69. The zero-order valence-electron chi connectivity index (χ0n) is 9.19. The molecule has 1 amide bonds. The van der Waals surface area contributed by atoms with E-state index in [1.165, 1.54) is 0 Å². The number of nitrogen functional groups attached to an aromatic ring is 1. The Labute approximate surface area is 107 Å². The summed E-state index contributed by atoms with van der Waals surface area (Å²) in [6, 6.07) is 4.85. The molecular formula is C11H13ClN2O2S. The van der Waals surface area contributed by atoms with E-state index in [-0.39, 0.29) is 5.91 Å². The van der Waals surface area contributed by atoms with Gasteiger partial charge in [0.05, 0.1) is 10.6 Å². The lowest BCUT2D eigenvalue weighted by atomic mass is 10.1. The van der Waals surface area contributed by atoms with Gasteiger partial charge in [0.2, 0.25) is 0 Å². The van der Waals surface area contributed by atoms with Gasteiger partial charge in [-0.05, 0) is 18.2 Å². The molecule has 0 atom stereocenters. The van der Waals surface area contributed by atoms with E-state index in [0.717, 1.165) is 0 Å². The molecule has 1 aromatic carbocycles. The predicted octanol–water partition coefficient (Wildman–Crippen LogP) is 1.13. The van der Waals surface area contributed by atoms with Crippen LogP contribution in [0.25, 0.3) is 0 Å². The normalized spacial score (nSPS) is 17.1. The van der Waals surface area contributed by atoms with Gasteiger partial charge in [-0.25, -0.2) is 0 Å². The van der Waals surface area contributed by atoms with Crippen LogP contribution in [0, 0.1) is 0 Å². The van der Waals surface area contributed by atoms with E-state index in [1.807, 2.05) is 0 Å². The van der Waals surface area contributed by atoms with Crippen molar-refractivity contribution < 1.29 is 9.00 Å².